The zero-order chi connectivity index (χ0) is 18.9. The van der Waals surface area contributed by atoms with Crippen LogP contribution in [0.2, 0.25) is 0 Å². The minimum absolute atomic E-state index is 0.0216. The summed E-state index contributed by atoms with van der Waals surface area (Å²) in [6, 6.07) is 6.60. The van der Waals surface area contributed by atoms with Gasteiger partial charge in [0.1, 0.15) is 5.58 Å². The van der Waals surface area contributed by atoms with Gasteiger partial charge in [0.15, 0.2) is 5.43 Å². The van der Waals surface area contributed by atoms with Crippen LogP contribution in [0.25, 0.3) is 11.0 Å². The molecule has 140 valence electrons. The molecule has 6 heteroatoms. The number of esters is 2. The van der Waals surface area contributed by atoms with E-state index in [1.54, 1.807) is 24.3 Å². The maximum absolute atomic E-state index is 12.8. The van der Waals surface area contributed by atoms with Gasteiger partial charge in [-0.1, -0.05) is 38.8 Å². The van der Waals surface area contributed by atoms with Crippen molar-refractivity contribution < 1.29 is 23.5 Å². The summed E-state index contributed by atoms with van der Waals surface area (Å²) in [5.74, 6) is -1.53. The monoisotopic (exact) mass is 360 g/mol. The first kappa shape index (κ1) is 19.7. The number of hydrogen-bond acceptors (Lipinski definition) is 6. The Hall–Kier alpha value is -2.63. The number of rotatable bonds is 9. The molecule has 6 nitrogen and oxygen atoms in total. The normalized spacial score (nSPS) is 10.7. The molecule has 0 amide bonds. The third kappa shape index (κ3) is 4.94. The van der Waals surface area contributed by atoms with Gasteiger partial charge in [-0.05, 0) is 25.0 Å². The zero-order valence-corrected chi connectivity index (χ0v) is 15.2. The first-order chi connectivity index (χ1) is 12.6. The standard InChI is InChI=1S/C20H24O6/c1-3-5-11-24-17(21)13-15-18(22)14-9-7-8-10-16(14)26-19(15)20(23)25-12-6-4-2/h7-10H,3-6,11-13H2,1-2H3. The van der Waals surface area contributed by atoms with Crippen molar-refractivity contribution in [1.82, 2.24) is 0 Å². The fourth-order valence-corrected chi connectivity index (χ4v) is 2.41. The summed E-state index contributed by atoms with van der Waals surface area (Å²) in [4.78, 5) is 37.2. The summed E-state index contributed by atoms with van der Waals surface area (Å²) < 4.78 is 15.9. The lowest BCUT2D eigenvalue weighted by atomic mass is 10.1. The van der Waals surface area contributed by atoms with E-state index in [1.165, 1.54) is 0 Å². The molecule has 0 unspecified atom stereocenters. The lowest BCUT2D eigenvalue weighted by molar-refractivity contribution is -0.142. The van der Waals surface area contributed by atoms with Crippen LogP contribution in [0.1, 0.15) is 55.6 Å². The van der Waals surface area contributed by atoms with Crippen molar-refractivity contribution in [2.75, 3.05) is 13.2 Å². The summed E-state index contributed by atoms with van der Waals surface area (Å²) in [6.45, 7) is 4.47. The van der Waals surface area contributed by atoms with Crippen molar-refractivity contribution in [2.24, 2.45) is 0 Å². The molecule has 26 heavy (non-hydrogen) atoms. The Morgan fingerprint density at radius 1 is 1.00 bits per heavy atom. The predicted octanol–water partition coefficient (Wildman–Crippen LogP) is 3.64. The topological polar surface area (TPSA) is 82.8 Å². The molecule has 0 saturated carbocycles. The smallest absolute Gasteiger partial charge is 0.374 e. The van der Waals surface area contributed by atoms with Crippen LogP contribution < -0.4 is 5.43 Å². The molecule has 0 spiro atoms. The van der Waals surface area contributed by atoms with Crippen molar-refractivity contribution in [3.05, 3.63) is 45.8 Å². The molecule has 1 aromatic heterocycles. The van der Waals surface area contributed by atoms with Gasteiger partial charge in [-0.25, -0.2) is 4.79 Å². The van der Waals surface area contributed by atoms with E-state index in [9.17, 15) is 14.4 Å². The lowest BCUT2D eigenvalue weighted by Crippen LogP contribution is -2.22. The van der Waals surface area contributed by atoms with Crippen LogP contribution in [-0.4, -0.2) is 25.2 Å². The molecule has 1 heterocycles. The van der Waals surface area contributed by atoms with Gasteiger partial charge in [-0.3, -0.25) is 9.59 Å². The summed E-state index contributed by atoms with van der Waals surface area (Å²) in [7, 11) is 0. The molecule has 0 atom stereocenters. The Morgan fingerprint density at radius 3 is 2.35 bits per heavy atom. The molecule has 0 fully saturated rings. The van der Waals surface area contributed by atoms with Gasteiger partial charge in [0.25, 0.3) is 0 Å². The average molecular weight is 360 g/mol. The minimum Gasteiger partial charge on any atom is -0.465 e. The van der Waals surface area contributed by atoms with Crippen LogP contribution in [0.15, 0.2) is 33.5 Å². The van der Waals surface area contributed by atoms with Gasteiger partial charge in [0.2, 0.25) is 5.76 Å². The Kier molecular flexibility index (Phi) is 7.38. The zero-order valence-electron chi connectivity index (χ0n) is 15.2. The summed E-state index contributed by atoms with van der Waals surface area (Å²) in [5, 5.41) is 0.314. The molecule has 0 bridgehead atoms. The quantitative estimate of drug-likeness (QED) is 0.501. The van der Waals surface area contributed by atoms with Gasteiger partial charge in [-0.2, -0.15) is 0 Å². The minimum atomic E-state index is -0.738. The highest BCUT2D eigenvalue weighted by molar-refractivity contribution is 5.92. The molecule has 0 N–H and O–H groups in total. The van der Waals surface area contributed by atoms with Crippen LogP contribution in [-0.2, 0) is 20.7 Å². The molecule has 0 aliphatic rings. The molecule has 2 aromatic rings. The van der Waals surface area contributed by atoms with Crippen LogP contribution in [0.5, 0.6) is 0 Å². The first-order valence-electron chi connectivity index (χ1n) is 8.95. The highest BCUT2D eigenvalue weighted by Gasteiger charge is 2.24. The Balaban J connectivity index is 2.36. The van der Waals surface area contributed by atoms with E-state index in [4.69, 9.17) is 13.9 Å². The molecule has 0 saturated heterocycles. The molecule has 2 rings (SSSR count). The predicted molar refractivity (Wildman–Crippen MR) is 97.2 cm³/mol. The van der Waals surface area contributed by atoms with Gasteiger partial charge in [0.05, 0.1) is 30.6 Å². The van der Waals surface area contributed by atoms with Crippen molar-refractivity contribution >= 4 is 22.9 Å². The van der Waals surface area contributed by atoms with E-state index in [1.807, 2.05) is 13.8 Å². The summed E-state index contributed by atoms with van der Waals surface area (Å²) >= 11 is 0. The Bertz CT molecular complexity index is 821. The molecular formula is C20H24O6. The number of carbonyl (C=O) groups is 2. The summed E-state index contributed by atoms with van der Waals surface area (Å²) in [5.41, 5.74) is -0.156. The van der Waals surface area contributed by atoms with Gasteiger partial charge in [0, 0.05) is 0 Å². The number of carbonyl (C=O) groups excluding carboxylic acids is 2. The Morgan fingerprint density at radius 2 is 1.65 bits per heavy atom. The second kappa shape index (κ2) is 9.75. The maximum atomic E-state index is 12.8. The van der Waals surface area contributed by atoms with Crippen LogP contribution in [0.4, 0.5) is 0 Å². The fraction of sp³-hybridized carbons (Fsp3) is 0.450. The highest BCUT2D eigenvalue weighted by Crippen LogP contribution is 2.17. The van der Waals surface area contributed by atoms with E-state index in [2.05, 4.69) is 0 Å². The van der Waals surface area contributed by atoms with Crippen LogP contribution >= 0.6 is 0 Å². The summed E-state index contributed by atoms with van der Waals surface area (Å²) in [6.07, 6.45) is 2.88. The number of benzene rings is 1. The number of para-hydroxylation sites is 1. The lowest BCUT2D eigenvalue weighted by Gasteiger charge is -2.10. The van der Waals surface area contributed by atoms with Gasteiger partial charge >= 0.3 is 11.9 Å². The molecule has 1 aromatic carbocycles. The second-order valence-corrected chi connectivity index (χ2v) is 5.98. The van der Waals surface area contributed by atoms with E-state index in [0.29, 0.717) is 11.8 Å². The van der Waals surface area contributed by atoms with Crippen LogP contribution in [0, 0.1) is 0 Å². The van der Waals surface area contributed by atoms with Crippen molar-refractivity contribution in [3.8, 4) is 0 Å². The molecule has 0 radical (unpaired) electrons. The number of unbranched alkanes of at least 4 members (excludes halogenated alkanes) is 2. The molecule has 0 aliphatic heterocycles. The largest absolute Gasteiger partial charge is 0.465 e. The van der Waals surface area contributed by atoms with E-state index >= 15 is 0 Å². The maximum Gasteiger partial charge on any atom is 0.374 e. The number of hydrogen-bond donors (Lipinski definition) is 0. The molecule has 0 aliphatic carbocycles. The number of ether oxygens (including phenoxy) is 2. The third-order valence-electron chi connectivity index (χ3n) is 3.89. The van der Waals surface area contributed by atoms with E-state index in [0.717, 1.165) is 19.3 Å². The van der Waals surface area contributed by atoms with E-state index in [-0.39, 0.29) is 36.5 Å². The van der Waals surface area contributed by atoms with Crippen molar-refractivity contribution in [2.45, 2.75) is 46.0 Å². The number of fused-ring (bicyclic) bond motifs is 1. The first-order valence-corrected chi connectivity index (χ1v) is 8.95. The fourth-order valence-electron chi connectivity index (χ4n) is 2.41. The second-order valence-electron chi connectivity index (χ2n) is 5.98. The molecular weight excluding hydrogens is 336 g/mol. The van der Waals surface area contributed by atoms with Crippen LogP contribution in [0.3, 0.4) is 0 Å². The Labute approximate surface area is 152 Å². The average Bonchev–Trinajstić information content (AvgIpc) is 2.64. The van der Waals surface area contributed by atoms with E-state index < -0.39 is 17.4 Å². The SMILES string of the molecule is CCCCOC(=O)Cc1c(C(=O)OCCCC)oc2ccccc2c1=O. The van der Waals surface area contributed by atoms with Crippen molar-refractivity contribution in [3.63, 3.8) is 0 Å². The third-order valence-corrected chi connectivity index (χ3v) is 3.89. The van der Waals surface area contributed by atoms with Crippen molar-refractivity contribution in [1.29, 1.82) is 0 Å². The van der Waals surface area contributed by atoms with Gasteiger partial charge in [-0.15, -0.1) is 0 Å². The highest BCUT2D eigenvalue weighted by atomic mass is 16.5. The van der Waals surface area contributed by atoms with Gasteiger partial charge < -0.3 is 13.9 Å².